The fraction of sp³-hybridized carbons (Fsp3) is 0.250. The molecule has 0 spiro atoms. The largest absolute Gasteiger partial charge is 0.491 e. The molecule has 24 heavy (non-hydrogen) atoms. The van der Waals surface area contributed by atoms with Gasteiger partial charge in [-0.2, -0.15) is 8.42 Å². The monoisotopic (exact) mass is 390 g/mol. The van der Waals surface area contributed by atoms with Gasteiger partial charge < -0.3 is 13.7 Å². The Bertz CT molecular complexity index is 776. The third kappa shape index (κ3) is 5.27. The first-order valence-corrected chi connectivity index (χ1v) is 9.29. The number of rotatable bonds is 8. The van der Waals surface area contributed by atoms with Crippen molar-refractivity contribution in [3.05, 3.63) is 52.5 Å². The lowest BCUT2D eigenvalue weighted by Crippen LogP contribution is -2.10. The lowest BCUT2D eigenvalue weighted by atomic mass is 10.3. The first kappa shape index (κ1) is 18.9. The van der Waals surface area contributed by atoms with Gasteiger partial charge >= 0.3 is 10.1 Å². The number of benzene rings is 2. The minimum absolute atomic E-state index is 0.00863. The van der Waals surface area contributed by atoms with Crippen LogP contribution < -0.4 is 8.92 Å². The number of halogens is 2. The summed E-state index contributed by atoms with van der Waals surface area (Å²) < 4.78 is 40.2. The minimum Gasteiger partial charge on any atom is -0.491 e. The highest BCUT2D eigenvalue weighted by Gasteiger charge is 2.18. The molecule has 0 radical (unpaired) electrons. The molecule has 0 saturated carbocycles. The first-order valence-electron chi connectivity index (χ1n) is 7.12. The fourth-order valence-electron chi connectivity index (χ4n) is 1.77. The molecule has 5 nitrogen and oxygen atoms in total. The Morgan fingerprint density at radius 1 is 1.00 bits per heavy atom. The molecule has 2 rings (SSSR count). The van der Waals surface area contributed by atoms with Crippen LogP contribution in [-0.2, 0) is 14.9 Å². The molecule has 0 aliphatic heterocycles. The molecule has 0 bridgehead atoms. The molecule has 2 aromatic rings. The van der Waals surface area contributed by atoms with E-state index in [0.29, 0.717) is 30.6 Å². The highest BCUT2D eigenvalue weighted by atomic mass is 35.5. The predicted molar refractivity (Wildman–Crippen MR) is 92.7 cm³/mol. The van der Waals surface area contributed by atoms with Crippen molar-refractivity contribution in [2.45, 2.75) is 11.8 Å². The van der Waals surface area contributed by atoms with Gasteiger partial charge in [0.15, 0.2) is 5.75 Å². The van der Waals surface area contributed by atoms with E-state index in [0.717, 1.165) is 0 Å². The smallest absolute Gasteiger partial charge is 0.339 e. The molecule has 0 fully saturated rings. The SMILES string of the molecule is CCOCCOc1ccc(S(=O)(=O)Oc2ccc(Cl)cc2Cl)cc1. The Hall–Kier alpha value is -1.47. The van der Waals surface area contributed by atoms with Gasteiger partial charge in [-0.05, 0) is 49.4 Å². The van der Waals surface area contributed by atoms with Gasteiger partial charge in [-0.1, -0.05) is 23.2 Å². The highest BCUT2D eigenvalue weighted by molar-refractivity contribution is 7.87. The summed E-state index contributed by atoms with van der Waals surface area (Å²) in [6.45, 7) is 3.36. The van der Waals surface area contributed by atoms with Crippen molar-refractivity contribution >= 4 is 33.3 Å². The van der Waals surface area contributed by atoms with Crippen LogP contribution >= 0.6 is 23.2 Å². The summed E-state index contributed by atoms with van der Waals surface area (Å²) in [6.07, 6.45) is 0. The van der Waals surface area contributed by atoms with Crippen LogP contribution in [0.2, 0.25) is 10.0 Å². The van der Waals surface area contributed by atoms with Gasteiger partial charge in [0.25, 0.3) is 0 Å². The molecule has 0 heterocycles. The summed E-state index contributed by atoms with van der Waals surface area (Å²) in [7, 11) is -4.00. The lowest BCUT2D eigenvalue weighted by Gasteiger charge is -2.10. The molecule has 0 atom stereocenters. The van der Waals surface area contributed by atoms with Crippen molar-refractivity contribution in [1.82, 2.24) is 0 Å². The summed E-state index contributed by atoms with van der Waals surface area (Å²) in [5.41, 5.74) is 0. The average Bonchev–Trinajstić information content (AvgIpc) is 2.55. The van der Waals surface area contributed by atoms with Crippen molar-refractivity contribution in [3.63, 3.8) is 0 Å². The van der Waals surface area contributed by atoms with E-state index in [4.69, 9.17) is 36.9 Å². The van der Waals surface area contributed by atoms with Crippen LogP contribution in [0.5, 0.6) is 11.5 Å². The van der Waals surface area contributed by atoms with E-state index < -0.39 is 10.1 Å². The summed E-state index contributed by atoms with van der Waals surface area (Å²) >= 11 is 11.7. The van der Waals surface area contributed by atoms with Gasteiger partial charge in [0.2, 0.25) is 0 Å². The zero-order chi connectivity index (χ0) is 17.6. The van der Waals surface area contributed by atoms with Crippen LogP contribution in [-0.4, -0.2) is 28.2 Å². The first-order chi connectivity index (χ1) is 11.4. The molecule has 2 aromatic carbocycles. The normalized spacial score (nSPS) is 11.3. The number of hydrogen-bond donors (Lipinski definition) is 0. The molecule has 0 aliphatic rings. The molecule has 0 amide bonds. The molecule has 8 heteroatoms. The third-order valence-corrected chi connectivity index (χ3v) is 4.69. The Morgan fingerprint density at radius 2 is 1.71 bits per heavy atom. The molecular weight excluding hydrogens is 375 g/mol. The van der Waals surface area contributed by atoms with E-state index >= 15 is 0 Å². The summed E-state index contributed by atoms with van der Waals surface area (Å²) in [4.78, 5) is -0.00863. The van der Waals surface area contributed by atoms with E-state index in [1.807, 2.05) is 6.92 Å². The second kappa shape index (κ2) is 8.58. The van der Waals surface area contributed by atoms with Gasteiger partial charge in [0, 0.05) is 11.6 Å². The van der Waals surface area contributed by atoms with E-state index in [9.17, 15) is 8.42 Å². The Morgan fingerprint density at radius 3 is 2.33 bits per heavy atom. The van der Waals surface area contributed by atoms with Crippen LogP contribution in [0.1, 0.15) is 6.92 Å². The quantitative estimate of drug-likeness (QED) is 0.499. The van der Waals surface area contributed by atoms with Crippen molar-refractivity contribution < 1.29 is 22.1 Å². The van der Waals surface area contributed by atoms with Crippen LogP contribution in [0, 0.1) is 0 Å². The molecule has 0 aromatic heterocycles. The number of ether oxygens (including phenoxy) is 2. The van der Waals surface area contributed by atoms with Crippen molar-refractivity contribution in [1.29, 1.82) is 0 Å². The van der Waals surface area contributed by atoms with E-state index in [2.05, 4.69) is 0 Å². The second-order valence-corrected chi connectivity index (χ2v) is 7.02. The average molecular weight is 391 g/mol. The Kier molecular flexibility index (Phi) is 6.74. The minimum atomic E-state index is -4.00. The van der Waals surface area contributed by atoms with Gasteiger partial charge in [-0.25, -0.2) is 0 Å². The van der Waals surface area contributed by atoms with Gasteiger partial charge in [-0.3, -0.25) is 0 Å². The Labute approximate surface area is 151 Å². The van der Waals surface area contributed by atoms with E-state index in [-0.39, 0.29) is 15.7 Å². The lowest BCUT2D eigenvalue weighted by molar-refractivity contribution is 0.110. The van der Waals surface area contributed by atoms with Crippen LogP contribution in [0.15, 0.2) is 47.4 Å². The maximum Gasteiger partial charge on any atom is 0.339 e. The van der Waals surface area contributed by atoms with Gasteiger partial charge in [0.05, 0.1) is 11.6 Å². The van der Waals surface area contributed by atoms with Gasteiger partial charge in [0.1, 0.15) is 17.3 Å². The third-order valence-electron chi connectivity index (χ3n) is 2.91. The zero-order valence-corrected chi connectivity index (χ0v) is 15.2. The molecule has 0 aliphatic carbocycles. The molecule has 130 valence electrons. The second-order valence-electron chi connectivity index (χ2n) is 4.63. The fourth-order valence-corrected chi connectivity index (χ4v) is 3.21. The molecule has 0 unspecified atom stereocenters. The Balaban J connectivity index is 2.06. The standard InChI is InChI=1S/C16H16Cl2O5S/c1-2-21-9-10-22-13-4-6-14(7-5-13)24(19,20)23-16-8-3-12(17)11-15(16)18/h3-8,11H,2,9-10H2,1H3. The summed E-state index contributed by atoms with van der Waals surface area (Å²) in [5.74, 6) is 0.552. The maximum absolute atomic E-state index is 12.3. The van der Waals surface area contributed by atoms with E-state index in [1.165, 1.54) is 30.3 Å². The predicted octanol–water partition coefficient (Wildman–Crippen LogP) is 4.18. The van der Waals surface area contributed by atoms with Crippen LogP contribution in [0.25, 0.3) is 0 Å². The van der Waals surface area contributed by atoms with Crippen molar-refractivity contribution in [3.8, 4) is 11.5 Å². The maximum atomic E-state index is 12.3. The summed E-state index contributed by atoms with van der Waals surface area (Å²) in [6, 6.07) is 10.2. The van der Waals surface area contributed by atoms with Crippen LogP contribution in [0.4, 0.5) is 0 Å². The molecular formula is C16H16Cl2O5S. The molecule has 0 N–H and O–H groups in total. The highest BCUT2D eigenvalue weighted by Crippen LogP contribution is 2.30. The van der Waals surface area contributed by atoms with Crippen molar-refractivity contribution in [2.75, 3.05) is 19.8 Å². The zero-order valence-electron chi connectivity index (χ0n) is 12.9. The summed E-state index contributed by atoms with van der Waals surface area (Å²) in [5, 5.41) is 0.500. The topological polar surface area (TPSA) is 61.8 Å². The van der Waals surface area contributed by atoms with E-state index in [1.54, 1.807) is 12.1 Å². The van der Waals surface area contributed by atoms with Crippen molar-refractivity contribution in [2.24, 2.45) is 0 Å². The number of hydrogen-bond acceptors (Lipinski definition) is 5. The van der Waals surface area contributed by atoms with Gasteiger partial charge in [-0.15, -0.1) is 0 Å². The van der Waals surface area contributed by atoms with Crippen LogP contribution in [0.3, 0.4) is 0 Å². The molecule has 0 saturated heterocycles.